The first kappa shape index (κ1) is 19.8. The van der Waals surface area contributed by atoms with E-state index in [0.29, 0.717) is 10.5 Å². The Bertz CT molecular complexity index is 799. The van der Waals surface area contributed by atoms with E-state index in [1.54, 1.807) is 0 Å². The molecule has 3 aromatic rings. The molecule has 134 valence electrons. The van der Waals surface area contributed by atoms with Crippen LogP contribution in [0.15, 0.2) is 91.0 Å². The summed E-state index contributed by atoms with van der Waals surface area (Å²) >= 11 is 10.3. The molecule has 0 aliphatic carbocycles. The summed E-state index contributed by atoms with van der Waals surface area (Å²) in [7, 11) is 0. The van der Waals surface area contributed by atoms with Crippen LogP contribution in [0.5, 0.6) is 0 Å². The number of hydrogen-bond donors (Lipinski definition) is 0. The van der Waals surface area contributed by atoms with Gasteiger partial charge in [0.05, 0.1) is 4.44 Å². The summed E-state index contributed by atoms with van der Waals surface area (Å²) in [6.07, 6.45) is 0. The minimum Gasteiger partial charge on any atom is -0.102 e. The second-order valence-corrected chi connectivity index (χ2v) is 17.8. The molecule has 0 fully saturated rings. The number of benzene rings is 3. The van der Waals surface area contributed by atoms with Crippen LogP contribution in [0.25, 0.3) is 0 Å². The third-order valence-corrected chi connectivity index (χ3v) is 15.4. The molecule has 0 radical (unpaired) electrons. The lowest BCUT2D eigenvalue weighted by Crippen LogP contribution is -2.02. The van der Waals surface area contributed by atoms with E-state index in [1.807, 2.05) is 22.8 Å². The molecular weight excluding hydrogens is 391 g/mol. The summed E-state index contributed by atoms with van der Waals surface area (Å²) in [4.78, 5) is 0. The third kappa shape index (κ3) is 5.04. The van der Waals surface area contributed by atoms with Crippen LogP contribution in [0.3, 0.4) is 0 Å². The Balaban J connectivity index is 1.89. The predicted molar refractivity (Wildman–Crippen MR) is 125 cm³/mol. The normalized spacial score (nSPS) is 15.8. The summed E-state index contributed by atoms with van der Waals surface area (Å²) < 4.78 is -1.85. The van der Waals surface area contributed by atoms with Crippen molar-refractivity contribution in [3.05, 3.63) is 102 Å². The Morgan fingerprint density at radius 3 is 1.35 bits per heavy atom. The van der Waals surface area contributed by atoms with Crippen LogP contribution in [-0.2, 0) is 11.8 Å². The Morgan fingerprint density at radius 2 is 0.962 bits per heavy atom. The fourth-order valence-electron chi connectivity index (χ4n) is 2.74. The van der Waals surface area contributed by atoms with Gasteiger partial charge in [-0.05, 0) is 25.0 Å². The van der Waals surface area contributed by atoms with E-state index in [2.05, 4.69) is 105 Å². The lowest BCUT2D eigenvalue weighted by molar-refractivity contribution is 1.11. The van der Waals surface area contributed by atoms with Gasteiger partial charge in [0.25, 0.3) is 0 Å². The van der Waals surface area contributed by atoms with Crippen molar-refractivity contribution in [1.82, 2.24) is 0 Å². The highest BCUT2D eigenvalue weighted by molar-refractivity contribution is 9.02. The zero-order valence-electron chi connectivity index (χ0n) is 15.0. The van der Waals surface area contributed by atoms with Crippen molar-refractivity contribution in [2.45, 2.75) is 24.3 Å². The van der Waals surface area contributed by atoms with Gasteiger partial charge in [-0.25, -0.2) is 0 Å². The highest BCUT2D eigenvalue weighted by Crippen LogP contribution is 2.74. The van der Waals surface area contributed by atoms with Crippen LogP contribution in [0.1, 0.15) is 35.5 Å². The molecule has 2 atom stereocenters. The van der Waals surface area contributed by atoms with Gasteiger partial charge in [-0.2, -0.15) is 0 Å². The van der Waals surface area contributed by atoms with Gasteiger partial charge in [0.1, 0.15) is 0 Å². The molecule has 4 heteroatoms. The van der Waals surface area contributed by atoms with Crippen molar-refractivity contribution in [2.24, 2.45) is 0 Å². The van der Waals surface area contributed by atoms with E-state index in [1.165, 1.54) is 16.4 Å². The van der Waals surface area contributed by atoms with Crippen molar-refractivity contribution in [1.29, 1.82) is 0 Å². The fourth-order valence-corrected chi connectivity index (χ4v) is 15.3. The van der Waals surface area contributed by atoms with Crippen molar-refractivity contribution in [3.8, 4) is 0 Å². The molecule has 0 spiro atoms. The molecule has 26 heavy (non-hydrogen) atoms. The van der Waals surface area contributed by atoms with Crippen molar-refractivity contribution < 1.29 is 0 Å². The standard InChI is InChI=1S/C22H23PS3/c1-18(20-12-6-3-7-13-20)25-23(24,22-16-10-5-11-17-22)26-19(2)21-14-8-4-9-15-21/h3-19H,1-2H3. The fraction of sp³-hybridized carbons (Fsp3) is 0.182. The minimum atomic E-state index is -1.85. The lowest BCUT2D eigenvalue weighted by Gasteiger charge is -2.28. The maximum absolute atomic E-state index is 6.36. The first-order valence-corrected chi connectivity index (χ1v) is 14.5. The average Bonchev–Trinajstić information content (AvgIpc) is 2.70. The summed E-state index contributed by atoms with van der Waals surface area (Å²) in [6, 6.07) is 32.1. The van der Waals surface area contributed by atoms with Gasteiger partial charge in [0, 0.05) is 15.8 Å². The van der Waals surface area contributed by atoms with Crippen LogP contribution >= 0.6 is 27.2 Å². The molecule has 0 nitrogen and oxygen atoms in total. The third-order valence-electron chi connectivity index (χ3n) is 4.20. The maximum Gasteiger partial charge on any atom is 0.0861 e. The first-order valence-electron chi connectivity index (χ1n) is 8.71. The van der Waals surface area contributed by atoms with Gasteiger partial charge in [0.15, 0.2) is 0 Å². The number of rotatable bonds is 7. The molecule has 3 rings (SSSR count). The molecule has 0 bridgehead atoms. The van der Waals surface area contributed by atoms with Crippen molar-refractivity contribution >= 4 is 44.3 Å². The van der Waals surface area contributed by atoms with E-state index in [0.717, 1.165) is 0 Å². The van der Waals surface area contributed by atoms with Gasteiger partial charge >= 0.3 is 0 Å². The molecule has 0 N–H and O–H groups in total. The molecule has 3 aromatic carbocycles. The van der Waals surface area contributed by atoms with Crippen LogP contribution < -0.4 is 5.30 Å². The highest BCUT2D eigenvalue weighted by Gasteiger charge is 2.27. The van der Waals surface area contributed by atoms with Gasteiger partial charge in [-0.3, -0.25) is 0 Å². The Hall–Kier alpha value is -0.990. The Kier molecular flexibility index (Phi) is 7.05. The quantitative estimate of drug-likeness (QED) is 0.365. The maximum atomic E-state index is 6.36. The first-order chi connectivity index (χ1) is 12.6. The summed E-state index contributed by atoms with van der Waals surface area (Å²) in [5.41, 5.74) is 2.69. The molecule has 0 aliphatic heterocycles. The van der Waals surface area contributed by atoms with E-state index >= 15 is 0 Å². The second-order valence-electron chi connectivity index (χ2n) is 6.15. The van der Waals surface area contributed by atoms with E-state index in [-0.39, 0.29) is 0 Å². The zero-order chi connectivity index (χ0) is 18.4. The van der Waals surface area contributed by atoms with E-state index in [4.69, 9.17) is 11.8 Å². The van der Waals surface area contributed by atoms with Gasteiger partial charge in [-0.1, -0.05) is 103 Å². The van der Waals surface area contributed by atoms with Crippen molar-refractivity contribution in [3.63, 3.8) is 0 Å². The van der Waals surface area contributed by atoms with E-state index in [9.17, 15) is 0 Å². The van der Waals surface area contributed by atoms with Crippen molar-refractivity contribution in [2.75, 3.05) is 0 Å². The zero-order valence-corrected chi connectivity index (χ0v) is 18.3. The minimum absolute atomic E-state index is 0.373. The molecule has 0 heterocycles. The van der Waals surface area contributed by atoms with Crippen LogP contribution in [0.4, 0.5) is 0 Å². The summed E-state index contributed by atoms with van der Waals surface area (Å²) in [5, 5.41) is 2.05. The van der Waals surface area contributed by atoms with Crippen LogP contribution in [-0.4, -0.2) is 0 Å². The van der Waals surface area contributed by atoms with Crippen LogP contribution in [0, 0.1) is 0 Å². The van der Waals surface area contributed by atoms with Gasteiger partial charge < -0.3 is 0 Å². The molecular formula is C22H23PS3. The predicted octanol–water partition coefficient (Wildman–Crippen LogP) is 7.61. The molecule has 0 saturated heterocycles. The average molecular weight is 415 g/mol. The molecule has 0 aliphatic rings. The topological polar surface area (TPSA) is 0 Å². The van der Waals surface area contributed by atoms with E-state index < -0.39 is 4.44 Å². The lowest BCUT2D eigenvalue weighted by atomic mass is 10.2. The molecule has 0 amide bonds. The molecule has 0 saturated carbocycles. The van der Waals surface area contributed by atoms with Gasteiger partial charge in [-0.15, -0.1) is 22.8 Å². The summed E-state index contributed by atoms with van der Waals surface area (Å²) in [5.74, 6) is 0. The van der Waals surface area contributed by atoms with Crippen LogP contribution in [0.2, 0.25) is 0 Å². The summed E-state index contributed by atoms with van der Waals surface area (Å²) in [6.45, 7) is 4.55. The Labute approximate surface area is 170 Å². The van der Waals surface area contributed by atoms with Gasteiger partial charge in [0.2, 0.25) is 0 Å². The Morgan fingerprint density at radius 1 is 0.615 bits per heavy atom. The monoisotopic (exact) mass is 414 g/mol. The smallest absolute Gasteiger partial charge is 0.0861 e. The second kappa shape index (κ2) is 9.28. The largest absolute Gasteiger partial charge is 0.102 e. The highest BCUT2D eigenvalue weighted by atomic mass is 33.2. The molecule has 0 aromatic heterocycles. The molecule has 2 unspecified atom stereocenters. The SMILES string of the molecule is CC(SP(=S)(SC(C)c1ccccc1)c1ccccc1)c1ccccc1. The number of hydrogen-bond acceptors (Lipinski definition) is 3.